The van der Waals surface area contributed by atoms with E-state index < -0.39 is 0 Å². The second-order valence-electron chi connectivity index (χ2n) is 5.28. The summed E-state index contributed by atoms with van der Waals surface area (Å²) < 4.78 is 5.25. The van der Waals surface area contributed by atoms with E-state index in [1.807, 2.05) is 30.3 Å². The van der Waals surface area contributed by atoms with Crippen molar-refractivity contribution in [2.75, 3.05) is 26.8 Å². The third-order valence-corrected chi connectivity index (χ3v) is 3.82. The molecule has 2 unspecified atom stereocenters. The zero-order valence-corrected chi connectivity index (χ0v) is 11.9. The molecule has 0 aromatic heterocycles. The van der Waals surface area contributed by atoms with Gasteiger partial charge in [0, 0.05) is 13.7 Å². The number of piperidine rings is 1. The van der Waals surface area contributed by atoms with Crippen LogP contribution in [0.4, 0.5) is 0 Å². The lowest BCUT2D eigenvalue weighted by Crippen LogP contribution is -2.47. The van der Waals surface area contributed by atoms with Gasteiger partial charge in [-0.3, -0.25) is 15.1 Å². The smallest absolute Gasteiger partial charge is 0.255 e. The number of rotatable bonds is 5. The Balaban J connectivity index is 2.16. The molecule has 1 aliphatic heterocycles. The summed E-state index contributed by atoms with van der Waals surface area (Å²) in [5.41, 5.74) is 3.28. The van der Waals surface area contributed by atoms with Gasteiger partial charge in [0.2, 0.25) is 0 Å². The minimum Gasteiger partial charge on any atom is -0.384 e. The first-order valence-electron chi connectivity index (χ1n) is 7.04. The number of benzene rings is 1. The van der Waals surface area contributed by atoms with Crippen LogP contribution in [0.25, 0.3) is 0 Å². The number of carbonyl (C=O) groups excluding carboxylic acids is 1. The zero-order chi connectivity index (χ0) is 14.4. The van der Waals surface area contributed by atoms with Crippen molar-refractivity contribution in [2.45, 2.75) is 18.9 Å². The molecule has 0 bridgehead atoms. The fourth-order valence-electron chi connectivity index (χ4n) is 2.95. The van der Waals surface area contributed by atoms with E-state index in [0.717, 1.165) is 38.1 Å². The number of methoxy groups -OCH3 is 1. The lowest BCUT2D eigenvalue weighted by Gasteiger charge is -2.37. The Morgan fingerprint density at radius 2 is 2.25 bits per heavy atom. The molecule has 110 valence electrons. The number of nitrogens with zero attached hydrogens (tertiary/aromatic N) is 1. The molecule has 0 aliphatic carbocycles. The van der Waals surface area contributed by atoms with E-state index in [-0.39, 0.29) is 11.9 Å². The zero-order valence-electron chi connectivity index (χ0n) is 11.9. The van der Waals surface area contributed by atoms with Gasteiger partial charge >= 0.3 is 0 Å². The molecule has 1 aromatic carbocycles. The number of amides is 1. The van der Waals surface area contributed by atoms with Crippen molar-refractivity contribution in [3.8, 4) is 0 Å². The van der Waals surface area contributed by atoms with Crippen LogP contribution >= 0.6 is 0 Å². The molecule has 5 nitrogen and oxygen atoms in total. The highest BCUT2D eigenvalue weighted by atomic mass is 16.5. The molecule has 2 atom stereocenters. The van der Waals surface area contributed by atoms with Crippen molar-refractivity contribution in [1.82, 2.24) is 10.3 Å². The van der Waals surface area contributed by atoms with Crippen LogP contribution in [0.15, 0.2) is 30.3 Å². The predicted octanol–water partition coefficient (Wildman–Crippen LogP) is 1.08. The van der Waals surface area contributed by atoms with E-state index in [1.165, 1.54) is 0 Å². The Hall–Kier alpha value is -1.43. The van der Waals surface area contributed by atoms with Crippen molar-refractivity contribution in [1.29, 1.82) is 0 Å². The van der Waals surface area contributed by atoms with E-state index in [0.29, 0.717) is 5.92 Å². The molecule has 0 spiro atoms. The van der Waals surface area contributed by atoms with Crippen molar-refractivity contribution in [3.63, 3.8) is 0 Å². The highest BCUT2D eigenvalue weighted by molar-refractivity contribution is 5.82. The maximum atomic E-state index is 12.2. The third-order valence-electron chi connectivity index (χ3n) is 3.82. The van der Waals surface area contributed by atoms with Crippen LogP contribution in [0.3, 0.4) is 0 Å². The highest BCUT2D eigenvalue weighted by Gasteiger charge is 2.31. The lowest BCUT2D eigenvalue weighted by molar-refractivity contribution is -0.127. The molecule has 1 aliphatic rings. The van der Waals surface area contributed by atoms with Gasteiger partial charge in [0.25, 0.3) is 5.91 Å². The van der Waals surface area contributed by atoms with Crippen molar-refractivity contribution in [2.24, 2.45) is 11.8 Å². The van der Waals surface area contributed by atoms with Gasteiger partial charge in [-0.05, 0) is 30.9 Å². The van der Waals surface area contributed by atoms with Crippen LogP contribution < -0.4 is 11.3 Å². The topological polar surface area (TPSA) is 67.6 Å². The summed E-state index contributed by atoms with van der Waals surface area (Å²) in [4.78, 5) is 14.4. The Labute approximate surface area is 120 Å². The Morgan fingerprint density at radius 1 is 1.50 bits per heavy atom. The summed E-state index contributed by atoms with van der Waals surface area (Å²) >= 11 is 0. The monoisotopic (exact) mass is 277 g/mol. The molecule has 2 rings (SSSR count). The number of carbonyl (C=O) groups is 1. The molecule has 1 aromatic rings. The quantitative estimate of drug-likeness (QED) is 0.480. The number of hydrogen-bond donors (Lipinski definition) is 2. The second-order valence-corrected chi connectivity index (χ2v) is 5.28. The average Bonchev–Trinajstić information content (AvgIpc) is 2.49. The maximum Gasteiger partial charge on any atom is 0.255 e. The Bertz CT molecular complexity index is 422. The standard InChI is InChI=1S/C15H23N3O2/c1-20-11-12-6-5-9-18(10-12)14(15(19)17-16)13-7-3-2-4-8-13/h2-4,7-8,12,14H,5-6,9-11,16H2,1H3,(H,17,19). The van der Waals surface area contributed by atoms with Gasteiger partial charge in [-0.2, -0.15) is 0 Å². The van der Waals surface area contributed by atoms with Gasteiger partial charge in [0.15, 0.2) is 0 Å². The summed E-state index contributed by atoms with van der Waals surface area (Å²) in [7, 11) is 1.72. The number of hydrogen-bond acceptors (Lipinski definition) is 4. The molecule has 0 saturated carbocycles. The van der Waals surface area contributed by atoms with Crippen LogP contribution in [-0.4, -0.2) is 37.6 Å². The van der Waals surface area contributed by atoms with Crippen molar-refractivity contribution >= 4 is 5.91 Å². The fourth-order valence-corrected chi connectivity index (χ4v) is 2.95. The normalized spacial score (nSPS) is 21.4. The molecule has 1 fully saturated rings. The molecule has 0 radical (unpaired) electrons. The van der Waals surface area contributed by atoms with Crippen LogP contribution in [-0.2, 0) is 9.53 Å². The van der Waals surface area contributed by atoms with Crippen LogP contribution in [0.2, 0.25) is 0 Å². The summed E-state index contributed by atoms with van der Waals surface area (Å²) in [5.74, 6) is 5.68. The van der Waals surface area contributed by atoms with Crippen molar-refractivity contribution in [3.05, 3.63) is 35.9 Å². The van der Waals surface area contributed by atoms with E-state index in [2.05, 4.69) is 10.3 Å². The van der Waals surface area contributed by atoms with Gasteiger partial charge in [0.1, 0.15) is 6.04 Å². The summed E-state index contributed by atoms with van der Waals surface area (Å²) in [6, 6.07) is 9.47. The minimum atomic E-state index is -0.319. The first-order valence-corrected chi connectivity index (χ1v) is 7.04. The number of hydrazine groups is 1. The van der Waals surface area contributed by atoms with Crippen LogP contribution in [0, 0.1) is 5.92 Å². The third kappa shape index (κ3) is 3.56. The van der Waals surface area contributed by atoms with Crippen LogP contribution in [0.5, 0.6) is 0 Å². The van der Waals surface area contributed by atoms with Gasteiger partial charge in [-0.15, -0.1) is 0 Å². The minimum absolute atomic E-state index is 0.158. The second kappa shape index (κ2) is 7.38. The Kier molecular flexibility index (Phi) is 5.52. The molecule has 1 heterocycles. The van der Waals surface area contributed by atoms with E-state index in [9.17, 15) is 4.79 Å². The van der Waals surface area contributed by atoms with E-state index >= 15 is 0 Å². The number of likely N-dealkylation sites (tertiary alicyclic amines) is 1. The van der Waals surface area contributed by atoms with Gasteiger partial charge in [-0.1, -0.05) is 30.3 Å². The summed E-state index contributed by atoms with van der Waals surface area (Å²) in [5, 5.41) is 0. The van der Waals surface area contributed by atoms with E-state index in [1.54, 1.807) is 7.11 Å². The first kappa shape index (κ1) is 15.0. The SMILES string of the molecule is COCC1CCCN(C(C(=O)NN)c2ccccc2)C1. The van der Waals surface area contributed by atoms with Crippen molar-refractivity contribution < 1.29 is 9.53 Å². The molecule has 1 saturated heterocycles. The lowest BCUT2D eigenvalue weighted by atomic mass is 9.95. The summed E-state index contributed by atoms with van der Waals surface area (Å²) in [6.45, 7) is 2.51. The first-order chi connectivity index (χ1) is 9.76. The van der Waals surface area contributed by atoms with Gasteiger partial charge in [-0.25, -0.2) is 5.84 Å². The predicted molar refractivity (Wildman–Crippen MR) is 77.7 cm³/mol. The Morgan fingerprint density at radius 3 is 2.90 bits per heavy atom. The highest BCUT2D eigenvalue weighted by Crippen LogP contribution is 2.27. The number of nitrogens with two attached hydrogens (primary N) is 1. The fraction of sp³-hybridized carbons (Fsp3) is 0.533. The molecule has 1 amide bonds. The van der Waals surface area contributed by atoms with Gasteiger partial charge in [0.05, 0.1) is 6.61 Å². The average molecular weight is 277 g/mol. The molecular formula is C15H23N3O2. The summed E-state index contributed by atoms with van der Waals surface area (Å²) in [6.07, 6.45) is 2.23. The molecular weight excluding hydrogens is 254 g/mol. The molecule has 20 heavy (non-hydrogen) atoms. The van der Waals surface area contributed by atoms with Gasteiger partial charge < -0.3 is 4.74 Å². The molecule has 5 heteroatoms. The maximum absolute atomic E-state index is 12.2. The van der Waals surface area contributed by atoms with Crippen LogP contribution in [0.1, 0.15) is 24.4 Å². The molecule has 3 N–H and O–H groups in total. The van der Waals surface area contributed by atoms with E-state index in [4.69, 9.17) is 10.6 Å². The number of ether oxygens (including phenoxy) is 1. The largest absolute Gasteiger partial charge is 0.384 e. The number of nitrogens with one attached hydrogen (secondary N) is 1.